The maximum Gasteiger partial charge on any atom is -0.0279 e. The lowest BCUT2D eigenvalue weighted by Crippen LogP contribution is -1.87. The van der Waals surface area contributed by atoms with Gasteiger partial charge >= 0.3 is 0 Å². The van der Waals surface area contributed by atoms with Gasteiger partial charge < -0.3 is 0 Å². The van der Waals surface area contributed by atoms with Crippen LogP contribution in [0, 0.1) is 0 Å². The van der Waals surface area contributed by atoms with Crippen molar-refractivity contribution < 1.29 is 0 Å². The quantitative estimate of drug-likeness (QED) is 0.444. The molecule has 0 bridgehead atoms. The Morgan fingerprint density at radius 1 is 0.812 bits per heavy atom. The van der Waals surface area contributed by atoms with Crippen molar-refractivity contribution in [1.29, 1.82) is 0 Å². The summed E-state index contributed by atoms with van der Waals surface area (Å²) in [5.74, 6) is 0. The molecule has 0 saturated heterocycles. The Balaban J connectivity index is 1.93. The fourth-order valence-corrected chi connectivity index (χ4v) is 2.79. The van der Waals surface area contributed by atoms with E-state index in [-0.39, 0.29) is 0 Å². The number of rotatable bonds is 8. The van der Waals surface area contributed by atoms with E-state index >= 15 is 0 Å². The van der Waals surface area contributed by atoms with Crippen LogP contribution in [-0.2, 0) is 6.42 Å². The second kappa shape index (κ2) is 8.76. The van der Waals surface area contributed by atoms with E-state index in [1.54, 1.807) is 0 Å². The molecule has 1 aromatic rings. The predicted octanol–water partition coefficient (Wildman–Crippen LogP) is 4.92. The van der Waals surface area contributed by atoms with Gasteiger partial charge in [0.1, 0.15) is 0 Å². The third-order valence-electron chi connectivity index (χ3n) is 2.91. The van der Waals surface area contributed by atoms with Crippen LogP contribution >= 0.6 is 7.92 Å². The van der Waals surface area contributed by atoms with Crippen LogP contribution < -0.4 is 0 Å². The average Bonchev–Trinajstić information content (AvgIpc) is 2.29. The number of hydrogen-bond donors (Lipinski definition) is 0. The molecule has 0 unspecified atom stereocenters. The molecule has 0 heterocycles. The molecular formula is C15H25P. The van der Waals surface area contributed by atoms with Crippen LogP contribution in [0.15, 0.2) is 30.3 Å². The van der Waals surface area contributed by atoms with Gasteiger partial charge in [-0.2, -0.15) is 0 Å². The van der Waals surface area contributed by atoms with Crippen molar-refractivity contribution in [2.75, 3.05) is 19.5 Å². The first kappa shape index (κ1) is 13.7. The minimum absolute atomic E-state index is 0.339. The maximum absolute atomic E-state index is 2.38. The third-order valence-corrected chi connectivity index (χ3v) is 4.12. The summed E-state index contributed by atoms with van der Waals surface area (Å²) in [6.45, 7) is 4.76. The van der Waals surface area contributed by atoms with E-state index < -0.39 is 0 Å². The highest BCUT2D eigenvalue weighted by Gasteiger charge is 1.95. The van der Waals surface area contributed by atoms with Crippen molar-refractivity contribution in [3.63, 3.8) is 0 Å². The van der Waals surface area contributed by atoms with Crippen LogP contribution in [0.3, 0.4) is 0 Å². The Labute approximate surface area is 102 Å². The summed E-state index contributed by atoms with van der Waals surface area (Å²) in [6, 6.07) is 10.8. The molecule has 16 heavy (non-hydrogen) atoms. The molecule has 0 aliphatic carbocycles. The molecule has 0 atom stereocenters. The maximum atomic E-state index is 2.38. The summed E-state index contributed by atoms with van der Waals surface area (Å²) in [4.78, 5) is 0. The number of unbranched alkanes of at least 4 members (excludes halogenated alkanes) is 4. The lowest BCUT2D eigenvalue weighted by molar-refractivity contribution is 0.634. The summed E-state index contributed by atoms with van der Waals surface area (Å²) in [5.41, 5.74) is 1.49. The fourth-order valence-electron chi connectivity index (χ4n) is 1.93. The topological polar surface area (TPSA) is 0 Å². The highest BCUT2D eigenvalue weighted by molar-refractivity contribution is 7.55. The van der Waals surface area contributed by atoms with Gasteiger partial charge in [0.15, 0.2) is 0 Å². The van der Waals surface area contributed by atoms with Gasteiger partial charge in [-0.1, -0.05) is 49.6 Å². The summed E-state index contributed by atoms with van der Waals surface area (Å²) < 4.78 is 0. The molecule has 0 saturated carbocycles. The molecule has 0 spiro atoms. The number of benzene rings is 1. The molecule has 0 aliphatic rings. The van der Waals surface area contributed by atoms with Crippen LogP contribution in [0.5, 0.6) is 0 Å². The monoisotopic (exact) mass is 236 g/mol. The largest absolute Gasteiger partial charge is 0.113 e. The van der Waals surface area contributed by atoms with Crippen LogP contribution in [0.25, 0.3) is 0 Å². The number of aryl methyl sites for hydroxylation is 1. The van der Waals surface area contributed by atoms with Crippen LogP contribution in [0.2, 0.25) is 0 Å². The first-order chi connectivity index (χ1) is 7.79. The molecule has 0 aromatic heterocycles. The van der Waals surface area contributed by atoms with Gasteiger partial charge in [0.25, 0.3) is 0 Å². The minimum atomic E-state index is 0.339. The van der Waals surface area contributed by atoms with Gasteiger partial charge in [-0.25, -0.2) is 0 Å². The fraction of sp³-hybridized carbons (Fsp3) is 0.600. The van der Waals surface area contributed by atoms with Gasteiger partial charge in [-0.05, 0) is 44.3 Å². The zero-order valence-corrected chi connectivity index (χ0v) is 11.7. The van der Waals surface area contributed by atoms with Crippen molar-refractivity contribution in [2.45, 2.75) is 38.5 Å². The highest BCUT2D eigenvalue weighted by atomic mass is 31.1. The minimum Gasteiger partial charge on any atom is -0.113 e. The molecule has 1 aromatic carbocycles. The summed E-state index contributed by atoms with van der Waals surface area (Å²) in [7, 11) is 0.339. The molecular weight excluding hydrogens is 211 g/mol. The second-order valence-corrected chi connectivity index (χ2v) is 7.41. The van der Waals surface area contributed by atoms with Crippen molar-refractivity contribution in [3.8, 4) is 0 Å². The van der Waals surface area contributed by atoms with Gasteiger partial charge in [-0.3, -0.25) is 0 Å². The number of hydrogen-bond acceptors (Lipinski definition) is 0. The Bertz CT molecular complexity index is 253. The average molecular weight is 236 g/mol. The van der Waals surface area contributed by atoms with E-state index in [4.69, 9.17) is 0 Å². The van der Waals surface area contributed by atoms with Gasteiger partial charge in [-0.15, -0.1) is 7.92 Å². The van der Waals surface area contributed by atoms with E-state index in [0.717, 1.165) is 0 Å². The molecule has 0 N–H and O–H groups in total. The zero-order chi connectivity index (χ0) is 11.6. The predicted molar refractivity (Wildman–Crippen MR) is 76.9 cm³/mol. The van der Waals surface area contributed by atoms with Crippen LogP contribution in [-0.4, -0.2) is 19.5 Å². The highest BCUT2D eigenvalue weighted by Crippen LogP contribution is 2.26. The smallest absolute Gasteiger partial charge is 0.0279 e. The lowest BCUT2D eigenvalue weighted by atomic mass is 10.1. The standard InChI is InChI=1S/C15H25P/c1-16(2)14-10-5-3-4-7-11-15-12-8-6-9-13-15/h6,8-9,12-13H,3-5,7,10-11,14H2,1-2H3. The Morgan fingerprint density at radius 2 is 1.44 bits per heavy atom. The molecule has 0 amide bonds. The van der Waals surface area contributed by atoms with Crippen molar-refractivity contribution in [2.24, 2.45) is 0 Å². The normalized spacial score (nSPS) is 10.9. The SMILES string of the molecule is CP(C)CCCCCCCc1ccccc1. The Kier molecular flexibility index (Phi) is 7.51. The van der Waals surface area contributed by atoms with E-state index in [1.165, 1.54) is 50.3 Å². The van der Waals surface area contributed by atoms with Gasteiger partial charge in [0.05, 0.1) is 0 Å². The van der Waals surface area contributed by atoms with E-state index in [2.05, 4.69) is 43.7 Å². The second-order valence-electron chi connectivity index (χ2n) is 4.81. The van der Waals surface area contributed by atoms with E-state index in [1.807, 2.05) is 0 Å². The Hall–Kier alpha value is -0.350. The van der Waals surface area contributed by atoms with Gasteiger partial charge in [0.2, 0.25) is 0 Å². The van der Waals surface area contributed by atoms with Crippen LogP contribution in [0.4, 0.5) is 0 Å². The summed E-state index contributed by atoms with van der Waals surface area (Å²) in [6.07, 6.45) is 9.80. The molecule has 1 heteroatoms. The van der Waals surface area contributed by atoms with Crippen molar-refractivity contribution in [1.82, 2.24) is 0 Å². The lowest BCUT2D eigenvalue weighted by Gasteiger charge is -2.05. The van der Waals surface area contributed by atoms with Crippen molar-refractivity contribution in [3.05, 3.63) is 35.9 Å². The summed E-state index contributed by atoms with van der Waals surface area (Å²) >= 11 is 0. The molecule has 90 valence electrons. The molecule has 0 radical (unpaired) electrons. The Morgan fingerprint density at radius 3 is 2.12 bits per heavy atom. The van der Waals surface area contributed by atoms with Gasteiger partial charge in [0, 0.05) is 0 Å². The first-order valence-electron chi connectivity index (χ1n) is 6.47. The summed E-state index contributed by atoms with van der Waals surface area (Å²) in [5, 5.41) is 0. The van der Waals surface area contributed by atoms with Crippen molar-refractivity contribution >= 4 is 7.92 Å². The molecule has 1 rings (SSSR count). The van der Waals surface area contributed by atoms with E-state index in [9.17, 15) is 0 Å². The molecule has 0 fully saturated rings. The molecule has 0 nitrogen and oxygen atoms in total. The molecule has 0 aliphatic heterocycles. The van der Waals surface area contributed by atoms with E-state index in [0.29, 0.717) is 7.92 Å². The van der Waals surface area contributed by atoms with Crippen LogP contribution in [0.1, 0.15) is 37.7 Å². The first-order valence-corrected chi connectivity index (χ1v) is 8.90. The third kappa shape index (κ3) is 7.01. The zero-order valence-electron chi connectivity index (χ0n) is 10.8.